The highest BCUT2D eigenvalue weighted by atomic mass is 16.5. The summed E-state index contributed by atoms with van der Waals surface area (Å²) in [7, 11) is 0. The molecule has 5 aromatic rings. The van der Waals surface area contributed by atoms with Gasteiger partial charge in [-0.05, 0) is 58.7 Å². The number of pyridine rings is 1. The zero-order valence-electron chi connectivity index (χ0n) is 24.1. The molecule has 0 aliphatic heterocycles. The van der Waals surface area contributed by atoms with Crippen LogP contribution in [0.1, 0.15) is 34.4 Å². The van der Waals surface area contributed by atoms with Crippen LogP contribution in [-0.2, 0) is 11.3 Å². The Labute approximate surface area is 258 Å². The van der Waals surface area contributed by atoms with Crippen LogP contribution in [0.3, 0.4) is 0 Å². The molecular weight excluding hydrogens is 576 g/mol. The van der Waals surface area contributed by atoms with Gasteiger partial charge in [-0.2, -0.15) is 0 Å². The van der Waals surface area contributed by atoms with Gasteiger partial charge >= 0.3 is 6.09 Å². The van der Waals surface area contributed by atoms with Crippen molar-refractivity contribution in [3.05, 3.63) is 136 Å². The van der Waals surface area contributed by atoms with E-state index in [0.717, 1.165) is 11.1 Å². The van der Waals surface area contributed by atoms with E-state index in [1.54, 1.807) is 54.6 Å². The average molecular weight is 609 g/mol. The number of benzene rings is 4. The second-order valence-corrected chi connectivity index (χ2v) is 10.3. The highest BCUT2D eigenvalue weighted by molar-refractivity contribution is 5.92. The van der Waals surface area contributed by atoms with Crippen LogP contribution in [-0.4, -0.2) is 45.5 Å². The quantitative estimate of drug-likeness (QED) is 0.109. The molecule has 4 aromatic carbocycles. The van der Waals surface area contributed by atoms with Crippen LogP contribution in [0.4, 0.5) is 10.5 Å². The number of anilines is 1. The molecule has 0 saturated carbocycles. The Hall–Kier alpha value is -5.65. The molecule has 11 nitrogen and oxygen atoms in total. The normalized spacial score (nSPS) is 12.3. The van der Waals surface area contributed by atoms with Gasteiger partial charge in [0.25, 0.3) is 5.91 Å². The molecule has 11 heteroatoms. The standard InChI is InChI=1S/C34H32N4O7/c39-28-14-12-26(27-13-15-30(41)37-33(27)28)29(40)19-35-18-21-6-4-10-24(16-21)36-31(42)20-45-25-11-5-9-23(17-25)32(38-34(43)44)22-7-2-1-3-8-22/h1-17,29,32,35,38-40H,18-20H2,(H,36,42)(H,37,41)(H,43,44)/t29-,32?/m1/s1. The maximum absolute atomic E-state index is 12.7. The summed E-state index contributed by atoms with van der Waals surface area (Å²) in [6.07, 6.45) is -2.06. The number of phenolic OH excluding ortho intramolecular Hbond substituents is 1. The van der Waals surface area contributed by atoms with Gasteiger partial charge in [0.2, 0.25) is 5.56 Å². The number of phenols is 1. The number of carboxylic acid groups (broad SMARTS) is 1. The third-order valence-electron chi connectivity index (χ3n) is 7.11. The topological polar surface area (TPSA) is 173 Å². The summed E-state index contributed by atoms with van der Waals surface area (Å²) in [6, 6.07) is 28.7. The van der Waals surface area contributed by atoms with E-state index in [-0.39, 0.29) is 35.9 Å². The highest BCUT2D eigenvalue weighted by Crippen LogP contribution is 2.29. The number of hydrogen-bond acceptors (Lipinski definition) is 7. The Balaban J connectivity index is 1.15. The van der Waals surface area contributed by atoms with E-state index in [4.69, 9.17) is 4.74 Å². The predicted molar refractivity (Wildman–Crippen MR) is 169 cm³/mol. The van der Waals surface area contributed by atoms with E-state index >= 15 is 0 Å². The number of ether oxygens (including phenoxy) is 1. The number of carbonyl (C=O) groups excluding carboxylic acids is 1. The Morgan fingerprint density at radius 2 is 1.64 bits per heavy atom. The number of carbonyl (C=O) groups is 2. The molecule has 1 heterocycles. The van der Waals surface area contributed by atoms with Gasteiger partial charge in [-0.1, -0.05) is 60.7 Å². The Bertz CT molecular complexity index is 1860. The Kier molecular flexibility index (Phi) is 9.73. The number of hydrogen-bond donors (Lipinski definition) is 7. The fourth-order valence-electron chi connectivity index (χ4n) is 5.03. The first-order chi connectivity index (χ1) is 21.8. The first-order valence-electron chi connectivity index (χ1n) is 14.2. The van der Waals surface area contributed by atoms with Crippen LogP contribution in [0.25, 0.3) is 10.9 Å². The van der Waals surface area contributed by atoms with Crippen LogP contribution < -0.4 is 26.2 Å². The molecule has 0 fully saturated rings. The molecule has 1 aromatic heterocycles. The highest BCUT2D eigenvalue weighted by Gasteiger charge is 2.17. The van der Waals surface area contributed by atoms with E-state index < -0.39 is 18.2 Å². The number of aromatic nitrogens is 1. The molecular formula is C34H32N4O7. The summed E-state index contributed by atoms with van der Waals surface area (Å²) in [4.78, 5) is 38.4. The van der Waals surface area contributed by atoms with Gasteiger partial charge < -0.3 is 41.0 Å². The number of aromatic amines is 1. The molecule has 7 N–H and O–H groups in total. The van der Waals surface area contributed by atoms with E-state index in [2.05, 4.69) is 20.9 Å². The first kappa shape index (κ1) is 30.8. The Morgan fingerprint density at radius 3 is 2.44 bits per heavy atom. The van der Waals surface area contributed by atoms with Crippen molar-refractivity contribution in [2.75, 3.05) is 18.5 Å². The number of aliphatic hydroxyl groups is 1. The molecule has 230 valence electrons. The zero-order chi connectivity index (χ0) is 31.8. The van der Waals surface area contributed by atoms with Gasteiger partial charge in [0.1, 0.15) is 11.5 Å². The van der Waals surface area contributed by atoms with Gasteiger partial charge in [0.15, 0.2) is 6.61 Å². The average Bonchev–Trinajstić information content (AvgIpc) is 3.03. The molecule has 2 atom stereocenters. The molecule has 0 aliphatic carbocycles. The number of aliphatic hydroxyl groups excluding tert-OH is 1. The zero-order valence-corrected chi connectivity index (χ0v) is 24.1. The molecule has 0 radical (unpaired) electrons. The maximum Gasteiger partial charge on any atom is 0.405 e. The van der Waals surface area contributed by atoms with Gasteiger partial charge in [-0.25, -0.2) is 4.79 Å². The summed E-state index contributed by atoms with van der Waals surface area (Å²) in [5, 5.41) is 39.3. The smallest absolute Gasteiger partial charge is 0.405 e. The van der Waals surface area contributed by atoms with E-state index in [0.29, 0.717) is 34.5 Å². The SMILES string of the molecule is O=C(O)NC(c1ccccc1)c1cccc(OCC(=O)Nc2cccc(CNC[C@@H](O)c3ccc(O)c4[nH]c(=O)ccc34)c2)c1. The lowest BCUT2D eigenvalue weighted by Gasteiger charge is -2.19. The number of rotatable bonds is 12. The number of aromatic hydroxyl groups is 1. The first-order valence-corrected chi connectivity index (χ1v) is 14.2. The van der Waals surface area contributed by atoms with Crippen molar-refractivity contribution in [2.45, 2.75) is 18.7 Å². The van der Waals surface area contributed by atoms with Crippen LogP contribution >= 0.6 is 0 Å². The van der Waals surface area contributed by atoms with Crippen LogP contribution in [0, 0.1) is 0 Å². The third kappa shape index (κ3) is 8.05. The second kappa shape index (κ2) is 14.2. The summed E-state index contributed by atoms with van der Waals surface area (Å²) >= 11 is 0. The van der Waals surface area contributed by atoms with Gasteiger partial charge in [0.05, 0.1) is 17.7 Å². The molecule has 0 saturated heterocycles. The predicted octanol–water partition coefficient (Wildman–Crippen LogP) is 4.43. The fourth-order valence-corrected chi connectivity index (χ4v) is 5.03. The largest absolute Gasteiger partial charge is 0.506 e. The van der Waals surface area contributed by atoms with Crippen LogP contribution in [0.15, 0.2) is 108 Å². The van der Waals surface area contributed by atoms with Gasteiger partial charge in [-0.15, -0.1) is 0 Å². The fraction of sp³-hybridized carbons (Fsp3) is 0.147. The minimum absolute atomic E-state index is 0.0749. The molecule has 5 rings (SSSR count). The number of fused-ring (bicyclic) bond motifs is 1. The Morgan fingerprint density at radius 1 is 0.867 bits per heavy atom. The lowest BCUT2D eigenvalue weighted by molar-refractivity contribution is -0.118. The van der Waals surface area contributed by atoms with E-state index in [9.17, 15) is 29.7 Å². The van der Waals surface area contributed by atoms with Crippen molar-refractivity contribution < 1.29 is 29.6 Å². The van der Waals surface area contributed by atoms with Crippen molar-refractivity contribution in [3.8, 4) is 11.5 Å². The van der Waals surface area contributed by atoms with Crippen molar-refractivity contribution in [3.63, 3.8) is 0 Å². The van der Waals surface area contributed by atoms with Crippen LogP contribution in [0.5, 0.6) is 11.5 Å². The van der Waals surface area contributed by atoms with Crippen molar-refractivity contribution in [1.29, 1.82) is 0 Å². The lowest BCUT2D eigenvalue weighted by atomic mass is 9.99. The van der Waals surface area contributed by atoms with Crippen molar-refractivity contribution >= 4 is 28.6 Å². The van der Waals surface area contributed by atoms with Gasteiger partial charge in [-0.3, -0.25) is 9.59 Å². The molecule has 0 spiro atoms. The second-order valence-electron chi connectivity index (χ2n) is 10.3. The third-order valence-corrected chi connectivity index (χ3v) is 7.11. The molecule has 2 amide bonds. The number of amides is 2. The lowest BCUT2D eigenvalue weighted by Crippen LogP contribution is -2.27. The minimum Gasteiger partial charge on any atom is -0.506 e. The summed E-state index contributed by atoms with van der Waals surface area (Å²) in [6.45, 7) is 0.353. The summed E-state index contributed by atoms with van der Waals surface area (Å²) < 4.78 is 5.72. The summed E-state index contributed by atoms with van der Waals surface area (Å²) in [5.41, 5.74) is 3.35. The molecule has 1 unspecified atom stereocenters. The van der Waals surface area contributed by atoms with Crippen molar-refractivity contribution in [1.82, 2.24) is 15.6 Å². The monoisotopic (exact) mass is 608 g/mol. The molecule has 0 aliphatic rings. The van der Waals surface area contributed by atoms with Gasteiger partial charge in [0, 0.05) is 30.2 Å². The maximum atomic E-state index is 12.7. The van der Waals surface area contributed by atoms with E-state index in [1.807, 2.05) is 36.4 Å². The van der Waals surface area contributed by atoms with E-state index in [1.165, 1.54) is 12.1 Å². The minimum atomic E-state index is -1.16. The molecule has 45 heavy (non-hydrogen) atoms. The summed E-state index contributed by atoms with van der Waals surface area (Å²) in [5.74, 6) is -0.0318. The molecule has 0 bridgehead atoms. The van der Waals surface area contributed by atoms with Crippen LogP contribution in [0.2, 0.25) is 0 Å². The number of H-pyrrole nitrogens is 1. The number of nitrogens with one attached hydrogen (secondary N) is 4. The van der Waals surface area contributed by atoms with Crippen molar-refractivity contribution in [2.24, 2.45) is 0 Å².